The first-order chi connectivity index (χ1) is 20.2. The monoisotopic (exact) mass is 583 g/mol. The third-order valence-electron chi connectivity index (χ3n) is 10.4. The fourth-order valence-electron chi connectivity index (χ4n) is 8.96. The summed E-state index contributed by atoms with van der Waals surface area (Å²) in [6, 6.07) is 24.0. The minimum atomic E-state index is -2.05. The summed E-state index contributed by atoms with van der Waals surface area (Å²) < 4.78 is 0. The number of fused-ring (bicyclic) bond motifs is 2. The van der Waals surface area contributed by atoms with Crippen molar-refractivity contribution in [1.29, 1.82) is 0 Å². The molecule has 0 aliphatic heterocycles. The number of Topliss-reactive ketones (excluding diaryl/α,β-unsaturated/α-hetero) is 1. The van der Waals surface area contributed by atoms with Crippen molar-refractivity contribution in [2.75, 3.05) is 4.90 Å². The summed E-state index contributed by atoms with van der Waals surface area (Å²) in [5.74, 6) is -3.02. The van der Waals surface area contributed by atoms with E-state index in [1.807, 2.05) is 81.1 Å². The highest BCUT2D eigenvalue weighted by molar-refractivity contribution is 6.03. The molecule has 0 radical (unpaired) electrons. The van der Waals surface area contributed by atoms with Gasteiger partial charge in [0, 0.05) is 41.2 Å². The Bertz CT molecular complexity index is 1540. The fourth-order valence-corrected chi connectivity index (χ4v) is 8.96. The van der Waals surface area contributed by atoms with E-state index in [1.165, 1.54) is 6.92 Å². The average molecular weight is 584 g/mol. The van der Waals surface area contributed by atoms with Crippen LogP contribution in [-0.2, 0) is 9.59 Å². The Balaban J connectivity index is 1.64. The van der Waals surface area contributed by atoms with Gasteiger partial charge in [0.2, 0.25) is 0 Å². The van der Waals surface area contributed by atoms with Gasteiger partial charge >= 0.3 is 0 Å². The third-order valence-corrected chi connectivity index (χ3v) is 10.4. The van der Waals surface area contributed by atoms with E-state index < -0.39 is 39.8 Å². The quantitative estimate of drug-likeness (QED) is 0.272. The van der Waals surface area contributed by atoms with Crippen molar-refractivity contribution >= 4 is 33.7 Å². The molecule has 43 heavy (non-hydrogen) atoms. The van der Waals surface area contributed by atoms with Gasteiger partial charge in [0.1, 0.15) is 11.2 Å². The van der Waals surface area contributed by atoms with E-state index in [9.17, 15) is 24.9 Å². The van der Waals surface area contributed by atoms with Crippen molar-refractivity contribution in [3.8, 4) is 0 Å². The second-order valence-corrected chi connectivity index (χ2v) is 13.8. The summed E-state index contributed by atoms with van der Waals surface area (Å²) in [5.41, 5.74) is -4.87. The number of nitrogens with zero attached hydrogens (tertiary/aromatic N) is 1. The molecule has 0 amide bonds. The van der Waals surface area contributed by atoms with Crippen LogP contribution in [0.1, 0.15) is 60.8 Å². The molecular weight excluding hydrogens is 538 g/mol. The molecule has 0 aromatic heterocycles. The Morgan fingerprint density at radius 2 is 1.58 bits per heavy atom. The molecule has 3 aromatic rings. The van der Waals surface area contributed by atoms with Crippen LogP contribution in [0.5, 0.6) is 0 Å². The Hall–Kier alpha value is -3.32. The molecule has 2 aliphatic rings. The lowest BCUT2D eigenvalue weighted by Crippen LogP contribution is -2.76. The van der Waals surface area contributed by atoms with Crippen molar-refractivity contribution in [2.24, 2.45) is 29.1 Å². The maximum atomic E-state index is 14.7. The number of carbonyl (C=O) groups excluding carboxylic acids is 2. The van der Waals surface area contributed by atoms with Gasteiger partial charge in [-0.05, 0) is 73.2 Å². The summed E-state index contributed by atoms with van der Waals surface area (Å²) in [6.07, 6.45) is 4.06. The number of benzene rings is 3. The minimum absolute atomic E-state index is 0.189. The van der Waals surface area contributed by atoms with Gasteiger partial charge in [0.05, 0.1) is 5.60 Å². The van der Waals surface area contributed by atoms with E-state index in [-0.39, 0.29) is 24.0 Å². The number of anilines is 2. The fraction of sp³-hybridized carbons (Fsp3) is 0.459. The Labute approximate surface area is 255 Å². The van der Waals surface area contributed by atoms with Crippen molar-refractivity contribution in [3.63, 3.8) is 0 Å². The van der Waals surface area contributed by atoms with Crippen LogP contribution < -0.4 is 4.90 Å². The lowest BCUT2D eigenvalue weighted by Gasteiger charge is -2.64. The molecule has 8 atom stereocenters. The van der Waals surface area contributed by atoms with Gasteiger partial charge in [0.15, 0.2) is 11.6 Å². The molecule has 0 spiro atoms. The van der Waals surface area contributed by atoms with Gasteiger partial charge in [-0.25, -0.2) is 0 Å². The highest BCUT2D eigenvalue weighted by Gasteiger charge is 2.73. The largest absolute Gasteiger partial charge is 0.390 e. The van der Waals surface area contributed by atoms with Crippen molar-refractivity contribution in [3.05, 3.63) is 85.1 Å². The first-order valence-corrected chi connectivity index (χ1v) is 15.4. The molecule has 0 heterocycles. The normalized spacial score (nSPS) is 35.1. The molecule has 0 unspecified atom stereocenters. The van der Waals surface area contributed by atoms with Crippen LogP contribution in [0.15, 0.2) is 85.1 Å². The van der Waals surface area contributed by atoms with Gasteiger partial charge in [-0.3, -0.25) is 9.59 Å². The van der Waals surface area contributed by atoms with E-state index in [4.69, 9.17) is 0 Å². The zero-order valence-corrected chi connectivity index (χ0v) is 26.1. The van der Waals surface area contributed by atoms with E-state index in [0.717, 1.165) is 22.1 Å². The number of hydrogen-bond donors (Lipinski definition) is 3. The van der Waals surface area contributed by atoms with Crippen LogP contribution in [0.2, 0.25) is 0 Å². The van der Waals surface area contributed by atoms with E-state index >= 15 is 0 Å². The zero-order chi connectivity index (χ0) is 31.4. The van der Waals surface area contributed by atoms with E-state index in [1.54, 1.807) is 19.2 Å². The maximum absolute atomic E-state index is 14.7. The van der Waals surface area contributed by atoms with Crippen LogP contribution in [-0.4, -0.2) is 43.7 Å². The molecule has 6 heteroatoms. The topological polar surface area (TPSA) is 98.1 Å². The van der Waals surface area contributed by atoms with Crippen molar-refractivity contribution < 1.29 is 24.9 Å². The Morgan fingerprint density at radius 3 is 2.23 bits per heavy atom. The second-order valence-electron chi connectivity index (χ2n) is 13.8. The van der Waals surface area contributed by atoms with Gasteiger partial charge in [-0.15, -0.1) is 0 Å². The number of para-hydroxylation sites is 1. The molecular formula is C37H45NO5. The maximum Gasteiger partial charge on any atom is 0.196 e. The first-order valence-electron chi connectivity index (χ1n) is 15.4. The SMILES string of the molecule is CC[C@H](C)[C@@H]1[C@@](C)(C(=O)C=CN(c2ccccc2)c2ccc3ccccc3c2)[C@H]2[C@H](C)C[C@@](C)(O)C[C@]2(O)C(=O)[C@@]1(C)O. The van der Waals surface area contributed by atoms with Crippen LogP contribution in [0, 0.1) is 29.1 Å². The highest BCUT2D eigenvalue weighted by atomic mass is 16.3. The summed E-state index contributed by atoms with van der Waals surface area (Å²) in [7, 11) is 0. The molecule has 6 nitrogen and oxygen atoms in total. The molecule has 2 aliphatic carbocycles. The molecule has 0 bridgehead atoms. The molecule has 0 saturated heterocycles. The zero-order valence-electron chi connectivity index (χ0n) is 26.1. The molecule has 2 fully saturated rings. The van der Waals surface area contributed by atoms with Crippen LogP contribution in [0.4, 0.5) is 11.4 Å². The van der Waals surface area contributed by atoms with E-state index in [2.05, 4.69) is 24.3 Å². The summed E-state index contributed by atoms with van der Waals surface area (Å²) in [4.78, 5) is 30.6. The smallest absolute Gasteiger partial charge is 0.196 e. The van der Waals surface area contributed by atoms with Gasteiger partial charge in [-0.1, -0.05) is 82.6 Å². The number of rotatable bonds is 7. The molecule has 5 rings (SSSR count). The first kappa shape index (κ1) is 31.1. The van der Waals surface area contributed by atoms with Gasteiger partial charge < -0.3 is 20.2 Å². The predicted octanol–water partition coefficient (Wildman–Crippen LogP) is 6.59. The average Bonchev–Trinajstić information content (AvgIpc) is 2.95. The van der Waals surface area contributed by atoms with E-state index in [0.29, 0.717) is 12.8 Å². The number of allylic oxidation sites excluding steroid dienone is 1. The molecule has 3 N–H and O–H groups in total. The highest BCUT2D eigenvalue weighted by Crippen LogP contribution is 2.62. The number of ketones is 2. The van der Waals surface area contributed by atoms with Crippen LogP contribution in [0.3, 0.4) is 0 Å². The Morgan fingerprint density at radius 1 is 0.953 bits per heavy atom. The van der Waals surface area contributed by atoms with Gasteiger partial charge in [-0.2, -0.15) is 0 Å². The number of aliphatic hydroxyl groups is 3. The minimum Gasteiger partial charge on any atom is -0.390 e. The molecule has 2 saturated carbocycles. The number of hydrogen-bond acceptors (Lipinski definition) is 6. The van der Waals surface area contributed by atoms with Gasteiger partial charge in [0.25, 0.3) is 0 Å². The van der Waals surface area contributed by atoms with Crippen molar-refractivity contribution in [1.82, 2.24) is 0 Å². The predicted molar refractivity (Wildman–Crippen MR) is 171 cm³/mol. The van der Waals surface area contributed by atoms with Crippen LogP contribution >= 0.6 is 0 Å². The lowest BCUT2D eigenvalue weighted by molar-refractivity contribution is -0.244. The van der Waals surface area contributed by atoms with Crippen LogP contribution in [0.25, 0.3) is 10.8 Å². The molecule has 3 aromatic carbocycles. The second kappa shape index (κ2) is 11.0. The summed E-state index contributed by atoms with van der Waals surface area (Å²) >= 11 is 0. The number of carbonyl (C=O) groups is 2. The summed E-state index contributed by atoms with van der Waals surface area (Å²) in [6.45, 7) is 10.7. The Kier molecular flexibility index (Phi) is 7.95. The summed E-state index contributed by atoms with van der Waals surface area (Å²) in [5, 5.41) is 37.3. The van der Waals surface area contributed by atoms with Crippen molar-refractivity contribution in [2.45, 2.75) is 77.6 Å². The lowest BCUT2D eigenvalue weighted by atomic mass is 9.41. The third kappa shape index (κ3) is 5.13. The standard InChI is InChI=1S/C37H45NO5/c1-7-24(2)31-35(5,32-25(3)22-34(4,41)23-37(32,43)33(40)36(31,6)42)30(39)19-20-38(28-15-9-8-10-16-28)29-18-17-26-13-11-12-14-27(26)21-29/h8-21,24-25,31-32,41-43H,7,22-23H2,1-6H3/t24-,25+,31+,32+,34+,35+,36-,37+/m0/s1. The molecule has 228 valence electrons.